The van der Waals surface area contributed by atoms with E-state index < -0.39 is 0 Å². The van der Waals surface area contributed by atoms with Crippen LogP contribution in [0.25, 0.3) is 0 Å². The van der Waals surface area contributed by atoms with E-state index in [9.17, 15) is 5.11 Å². The Morgan fingerprint density at radius 2 is 2.12 bits per heavy atom. The molecule has 0 amide bonds. The number of aliphatic hydroxyl groups is 1. The molecule has 4 heteroatoms. The number of nitrogens with one attached hydrogen (secondary N) is 1. The summed E-state index contributed by atoms with van der Waals surface area (Å²) in [7, 11) is 2.09. The monoisotopic (exact) mass is 254 g/mol. The van der Waals surface area contributed by atoms with Crippen molar-refractivity contribution in [3.05, 3.63) is 29.3 Å². The van der Waals surface area contributed by atoms with Crippen LogP contribution < -0.4 is 5.32 Å². The third-order valence-corrected chi connectivity index (χ3v) is 3.80. The molecule has 2 N–H and O–H groups in total. The molecule has 0 bridgehead atoms. The Kier molecular flexibility index (Phi) is 3.61. The van der Waals surface area contributed by atoms with Gasteiger partial charge in [0.25, 0.3) is 0 Å². The summed E-state index contributed by atoms with van der Waals surface area (Å²) in [5, 5.41) is 13.8. The average molecular weight is 255 g/mol. The maximum Gasteiger partial charge on any atom is 0.0745 e. The quantitative estimate of drug-likeness (QED) is 0.868. The summed E-state index contributed by atoms with van der Waals surface area (Å²) in [4.78, 5) is 2.26. The Hall–Kier alpha value is -0.770. The molecule has 1 fully saturated rings. The van der Waals surface area contributed by atoms with Crippen molar-refractivity contribution in [1.29, 1.82) is 0 Å². The lowest BCUT2D eigenvalue weighted by atomic mass is 9.97. The van der Waals surface area contributed by atoms with Crippen LogP contribution in [0.5, 0.6) is 0 Å². The van der Waals surface area contributed by atoms with Crippen molar-refractivity contribution in [2.24, 2.45) is 0 Å². The van der Waals surface area contributed by atoms with E-state index in [1.165, 1.54) is 0 Å². The van der Waals surface area contributed by atoms with E-state index in [1.807, 2.05) is 24.3 Å². The molecule has 2 rings (SSSR count). The van der Waals surface area contributed by atoms with Gasteiger partial charge < -0.3 is 15.3 Å². The topological polar surface area (TPSA) is 35.5 Å². The number of nitrogens with zero attached hydrogens (tertiary/aromatic N) is 1. The van der Waals surface area contributed by atoms with Gasteiger partial charge in [-0.25, -0.2) is 0 Å². The molecule has 0 spiro atoms. The first-order valence-electron chi connectivity index (χ1n) is 5.89. The van der Waals surface area contributed by atoms with Crippen molar-refractivity contribution in [3.8, 4) is 0 Å². The van der Waals surface area contributed by atoms with Crippen molar-refractivity contribution < 1.29 is 5.11 Å². The van der Waals surface area contributed by atoms with Crippen LogP contribution in [0, 0.1) is 0 Å². The molecule has 1 aromatic carbocycles. The molecule has 1 saturated heterocycles. The highest BCUT2D eigenvalue weighted by molar-refractivity contribution is 6.30. The molecule has 0 aromatic heterocycles. The number of benzene rings is 1. The zero-order valence-corrected chi connectivity index (χ0v) is 11.0. The number of hydrogen-bond donors (Lipinski definition) is 2. The van der Waals surface area contributed by atoms with Crippen molar-refractivity contribution >= 4 is 17.3 Å². The summed E-state index contributed by atoms with van der Waals surface area (Å²) < 4.78 is 0. The van der Waals surface area contributed by atoms with Gasteiger partial charge in [-0.2, -0.15) is 0 Å². The van der Waals surface area contributed by atoms with Gasteiger partial charge in [-0.15, -0.1) is 0 Å². The summed E-state index contributed by atoms with van der Waals surface area (Å²) in [6, 6.07) is 8.10. The van der Waals surface area contributed by atoms with E-state index in [1.54, 1.807) is 0 Å². The van der Waals surface area contributed by atoms with Crippen molar-refractivity contribution in [2.75, 3.05) is 25.5 Å². The fourth-order valence-corrected chi connectivity index (χ4v) is 2.63. The first-order valence-corrected chi connectivity index (χ1v) is 6.27. The molecule has 1 aliphatic heterocycles. The molecule has 94 valence electrons. The minimum absolute atomic E-state index is 0.143. The fourth-order valence-electron chi connectivity index (χ4n) is 2.50. The Labute approximate surface area is 107 Å². The minimum Gasteiger partial charge on any atom is -0.394 e. The third-order valence-electron chi connectivity index (χ3n) is 3.55. The minimum atomic E-state index is -0.234. The number of likely N-dealkylation sites (N-methyl/N-ethyl adjacent to an activating group) is 1. The Balaban J connectivity index is 2.13. The molecule has 1 heterocycles. The van der Waals surface area contributed by atoms with Gasteiger partial charge in [0, 0.05) is 23.3 Å². The lowest BCUT2D eigenvalue weighted by Crippen LogP contribution is -2.44. The second kappa shape index (κ2) is 4.84. The molecule has 0 radical (unpaired) electrons. The number of likely N-dealkylation sites (tertiary alicyclic amines) is 1. The highest BCUT2D eigenvalue weighted by Crippen LogP contribution is 2.29. The predicted octanol–water partition coefficient (Wildman–Crippen LogP) is 2.21. The summed E-state index contributed by atoms with van der Waals surface area (Å²) in [5.74, 6) is 0. The Bertz CT molecular complexity index is 370. The highest BCUT2D eigenvalue weighted by Gasteiger charge is 2.40. The van der Waals surface area contributed by atoms with E-state index in [4.69, 9.17) is 11.6 Å². The van der Waals surface area contributed by atoms with Crippen molar-refractivity contribution in [1.82, 2.24) is 4.90 Å². The van der Waals surface area contributed by atoms with Crippen LogP contribution in [-0.4, -0.2) is 41.8 Å². The second-order valence-electron chi connectivity index (χ2n) is 5.04. The van der Waals surface area contributed by atoms with Crippen LogP contribution in [0.2, 0.25) is 5.02 Å². The molecular formula is C13H19ClN2O. The number of aliphatic hydroxyl groups excluding tert-OH is 1. The molecule has 1 aliphatic rings. The normalized spacial score (nSPS) is 29.5. The number of anilines is 1. The second-order valence-corrected chi connectivity index (χ2v) is 5.48. The number of halogens is 1. The number of hydrogen-bond acceptors (Lipinski definition) is 3. The van der Waals surface area contributed by atoms with Crippen LogP contribution in [0.1, 0.15) is 13.3 Å². The summed E-state index contributed by atoms with van der Waals surface area (Å²) in [6.07, 6.45) is 0.947. The van der Waals surface area contributed by atoms with E-state index in [-0.39, 0.29) is 12.1 Å². The smallest absolute Gasteiger partial charge is 0.0745 e. The van der Waals surface area contributed by atoms with Gasteiger partial charge in [0.15, 0.2) is 0 Å². The molecule has 1 aromatic rings. The summed E-state index contributed by atoms with van der Waals surface area (Å²) in [5.41, 5.74) is 0.771. The van der Waals surface area contributed by atoms with E-state index in [0.717, 1.165) is 23.7 Å². The van der Waals surface area contributed by atoms with Gasteiger partial charge in [-0.3, -0.25) is 0 Å². The van der Waals surface area contributed by atoms with Crippen LogP contribution in [0.4, 0.5) is 5.69 Å². The van der Waals surface area contributed by atoms with Crippen LogP contribution >= 0.6 is 11.6 Å². The van der Waals surface area contributed by atoms with Crippen LogP contribution in [-0.2, 0) is 0 Å². The molecule has 2 atom stereocenters. The zero-order valence-electron chi connectivity index (χ0n) is 10.3. The number of rotatable bonds is 3. The van der Waals surface area contributed by atoms with Crippen LogP contribution in [0.3, 0.4) is 0 Å². The first-order chi connectivity index (χ1) is 8.04. The fraction of sp³-hybridized carbons (Fsp3) is 0.538. The van der Waals surface area contributed by atoms with Gasteiger partial charge in [-0.1, -0.05) is 11.6 Å². The molecule has 17 heavy (non-hydrogen) atoms. The van der Waals surface area contributed by atoms with Crippen LogP contribution in [0.15, 0.2) is 24.3 Å². The largest absolute Gasteiger partial charge is 0.394 e. The van der Waals surface area contributed by atoms with E-state index in [0.29, 0.717) is 6.04 Å². The lowest BCUT2D eigenvalue weighted by molar-refractivity contribution is 0.212. The molecule has 2 unspecified atom stereocenters. The lowest BCUT2D eigenvalue weighted by Gasteiger charge is -2.29. The average Bonchev–Trinajstić information content (AvgIpc) is 2.59. The summed E-state index contributed by atoms with van der Waals surface area (Å²) >= 11 is 5.86. The Morgan fingerprint density at radius 3 is 2.59 bits per heavy atom. The molecule has 0 aliphatic carbocycles. The summed E-state index contributed by atoms with van der Waals surface area (Å²) in [6.45, 7) is 3.18. The maximum absolute atomic E-state index is 9.65. The van der Waals surface area contributed by atoms with E-state index >= 15 is 0 Å². The SMILES string of the molecule is CC1CC(CO)(Nc2ccc(Cl)cc2)CN1C. The van der Waals surface area contributed by atoms with Gasteiger partial charge >= 0.3 is 0 Å². The molecule has 3 nitrogen and oxygen atoms in total. The van der Waals surface area contributed by atoms with Crippen molar-refractivity contribution in [3.63, 3.8) is 0 Å². The third kappa shape index (κ3) is 2.73. The highest BCUT2D eigenvalue weighted by atomic mass is 35.5. The van der Waals surface area contributed by atoms with Gasteiger partial charge in [0.05, 0.1) is 12.1 Å². The maximum atomic E-state index is 9.65. The molecular weight excluding hydrogens is 236 g/mol. The standard InChI is InChI=1S/C13H19ClN2O/c1-10-7-13(9-17,8-16(10)2)15-12-5-3-11(14)4-6-12/h3-6,10,15,17H,7-9H2,1-2H3. The molecule has 0 saturated carbocycles. The van der Waals surface area contributed by atoms with Gasteiger partial charge in [0.1, 0.15) is 0 Å². The first kappa shape index (κ1) is 12.7. The zero-order chi connectivity index (χ0) is 12.5. The van der Waals surface area contributed by atoms with Gasteiger partial charge in [-0.05, 0) is 44.7 Å². The predicted molar refractivity (Wildman–Crippen MR) is 71.6 cm³/mol. The Morgan fingerprint density at radius 1 is 1.47 bits per heavy atom. The van der Waals surface area contributed by atoms with E-state index in [2.05, 4.69) is 24.2 Å². The van der Waals surface area contributed by atoms with Gasteiger partial charge in [0.2, 0.25) is 0 Å². The van der Waals surface area contributed by atoms with Crippen molar-refractivity contribution in [2.45, 2.75) is 24.9 Å².